The van der Waals surface area contributed by atoms with E-state index >= 15 is 0 Å². The average Bonchev–Trinajstić information content (AvgIpc) is 3.18. The lowest BCUT2D eigenvalue weighted by Crippen LogP contribution is -2.44. The van der Waals surface area contributed by atoms with Crippen LogP contribution in [0.25, 0.3) is 0 Å². The molecule has 2 fully saturated rings. The molecule has 2 aliphatic heterocycles. The third kappa shape index (κ3) is 3.02. The number of ketones is 2. The van der Waals surface area contributed by atoms with Crippen LogP contribution in [-0.2, 0) is 10.0 Å². The van der Waals surface area contributed by atoms with Crippen LogP contribution < -0.4 is 0 Å². The van der Waals surface area contributed by atoms with Gasteiger partial charge in [0.15, 0.2) is 4.91 Å². The van der Waals surface area contributed by atoms with E-state index in [0.717, 1.165) is 25.7 Å². The Kier molecular flexibility index (Phi) is 4.68. The van der Waals surface area contributed by atoms with Crippen molar-refractivity contribution in [2.24, 2.45) is 5.92 Å². The second-order valence-electron chi connectivity index (χ2n) is 7.69. The first-order valence-electron chi connectivity index (χ1n) is 9.59. The number of fused-ring (bicyclic) bond motifs is 1. The molecule has 0 bridgehead atoms. The SMILES string of the molecule is CC1CCCN(S(=O)(=O)C2=C(N3CCCC3)C(=O)c3ccccc3C2=O)C1. The van der Waals surface area contributed by atoms with Crippen LogP contribution in [0.1, 0.15) is 53.3 Å². The zero-order chi connectivity index (χ0) is 19.2. The minimum absolute atomic E-state index is 0.0782. The van der Waals surface area contributed by atoms with Crippen molar-refractivity contribution in [2.75, 3.05) is 26.2 Å². The number of nitrogens with zero attached hydrogens (tertiary/aromatic N) is 2. The van der Waals surface area contributed by atoms with Gasteiger partial charge >= 0.3 is 0 Å². The third-order valence-electron chi connectivity index (χ3n) is 5.69. The molecule has 0 saturated carbocycles. The summed E-state index contributed by atoms with van der Waals surface area (Å²) in [5.41, 5.74) is 0.568. The van der Waals surface area contributed by atoms with E-state index in [1.54, 1.807) is 29.2 Å². The van der Waals surface area contributed by atoms with Crippen molar-refractivity contribution in [3.05, 3.63) is 46.0 Å². The molecule has 1 unspecified atom stereocenters. The predicted octanol–water partition coefficient (Wildman–Crippen LogP) is 2.43. The highest BCUT2D eigenvalue weighted by molar-refractivity contribution is 7.94. The van der Waals surface area contributed by atoms with Crippen molar-refractivity contribution in [1.82, 2.24) is 9.21 Å². The Balaban J connectivity index is 1.89. The average molecular weight is 388 g/mol. The van der Waals surface area contributed by atoms with Crippen molar-refractivity contribution in [1.29, 1.82) is 0 Å². The highest BCUT2D eigenvalue weighted by atomic mass is 32.2. The summed E-state index contributed by atoms with van der Waals surface area (Å²) in [6.45, 7) is 4.01. The van der Waals surface area contributed by atoms with Crippen LogP contribution in [0.4, 0.5) is 0 Å². The number of rotatable bonds is 3. The van der Waals surface area contributed by atoms with E-state index in [-0.39, 0.29) is 27.9 Å². The molecule has 2 saturated heterocycles. The Morgan fingerprint density at radius 3 is 2.19 bits per heavy atom. The molecule has 144 valence electrons. The standard InChI is InChI=1S/C20H24N2O4S/c1-14-7-6-12-22(13-14)27(25,26)20-17(21-10-4-5-11-21)18(23)15-8-2-3-9-16(15)19(20)24/h2-3,8-9,14H,4-7,10-13H2,1H3. The Bertz CT molecular complexity index is 929. The lowest BCUT2D eigenvalue weighted by molar-refractivity contribution is 0.0952. The first-order valence-corrected chi connectivity index (χ1v) is 11.0. The maximum atomic E-state index is 13.5. The predicted molar refractivity (Wildman–Crippen MR) is 102 cm³/mol. The van der Waals surface area contributed by atoms with Crippen LogP contribution in [-0.4, -0.2) is 55.4 Å². The molecule has 1 atom stereocenters. The van der Waals surface area contributed by atoms with Gasteiger partial charge in [-0.2, -0.15) is 4.31 Å². The molecule has 0 N–H and O–H groups in total. The van der Waals surface area contributed by atoms with Gasteiger partial charge in [-0.15, -0.1) is 0 Å². The van der Waals surface area contributed by atoms with Crippen molar-refractivity contribution in [3.8, 4) is 0 Å². The molecule has 0 spiro atoms. The molecular formula is C20H24N2O4S. The fraction of sp³-hybridized carbons (Fsp3) is 0.500. The molecule has 7 heteroatoms. The monoisotopic (exact) mass is 388 g/mol. The number of benzene rings is 1. The fourth-order valence-corrected chi connectivity index (χ4v) is 6.19. The lowest BCUT2D eigenvalue weighted by atomic mass is 9.92. The zero-order valence-electron chi connectivity index (χ0n) is 15.5. The van der Waals surface area contributed by atoms with Gasteiger partial charge in [0.05, 0.1) is 0 Å². The van der Waals surface area contributed by atoms with Crippen LogP contribution >= 0.6 is 0 Å². The minimum Gasteiger partial charge on any atom is -0.367 e. The van der Waals surface area contributed by atoms with Crippen LogP contribution in [0.3, 0.4) is 0 Å². The molecule has 0 radical (unpaired) electrons. The summed E-state index contributed by atoms with van der Waals surface area (Å²) in [5, 5.41) is 0. The van der Waals surface area contributed by atoms with Crippen molar-refractivity contribution in [3.63, 3.8) is 0 Å². The number of hydrogen-bond donors (Lipinski definition) is 0. The molecule has 2 heterocycles. The second-order valence-corrected chi connectivity index (χ2v) is 9.56. The van der Waals surface area contributed by atoms with E-state index in [0.29, 0.717) is 31.7 Å². The number of sulfonamides is 1. The molecular weight excluding hydrogens is 364 g/mol. The second kappa shape index (κ2) is 6.87. The third-order valence-corrected chi connectivity index (χ3v) is 7.60. The number of carbonyl (C=O) groups is 2. The molecule has 4 rings (SSSR count). The molecule has 0 amide bonds. The van der Waals surface area contributed by atoms with Crippen molar-refractivity contribution < 1.29 is 18.0 Å². The van der Waals surface area contributed by atoms with E-state index in [9.17, 15) is 18.0 Å². The van der Waals surface area contributed by atoms with Gasteiger partial charge < -0.3 is 4.90 Å². The number of hydrogen-bond acceptors (Lipinski definition) is 5. The number of carbonyl (C=O) groups excluding carboxylic acids is 2. The number of piperidine rings is 1. The van der Waals surface area contributed by atoms with E-state index in [4.69, 9.17) is 0 Å². The number of Topliss-reactive ketones (excluding diaryl/α,β-unsaturated/α-hetero) is 2. The molecule has 0 aromatic heterocycles. The Morgan fingerprint density at radius 2 is 1.56 bits per heavy atom. The summed E-state index contributed by atoms with van der Waals surface area (Å²) >= 11 is 0. The van der Waals surface area contributed by atoms with Gasteiger partial charge in [-0.3, -0.25) is 9.59 Å². The van der Waals surface area contributed by atoms with Gasteiger partial charge in [0, 0.05) is 37.3 Å². The molecule has 3 aliphatic rings. The number of likely N-dealkylation sites (tertiary alicyclic amines) is 1. The Labute approximate surface area is 159 Å². The summed E-state index contributed by atoms with van der Waals surface area (Å²) in [4.78, 5) is 27.9. The summed E-state index contributed by atoms with van der Waals surface area (Å²) in [5.74, 6) is -0.660. The molecule has 6 nitrogen and oxygen atoms in total. The highest BCUT2D eigenvalue weighted by Crippen LogP contribution is 2.35. The first kappa shape index (κ1) is 18.4. The van der Waals surface area contributed by atoms with Gasteiger partial charge in [0.1, 0.15) is 5.70 Å². The van der Waals surface area contributed by atoms with Gasteiger partial charge in [-0.25, -0.2) is 8.42 Å². The minimum atomic E-state index is -4.03. The molecule has 27 heavy (non-hydrogen) atoms. The van der Waals surface area contributed by atoms with E-state index in [1.807, 2.05) is 6.92 Å². The maximum absolute atomic E-state index is 13.5. The normalized spacial score (nSPS) is 24.5. The molecule has 1 aromatic rings. The topological polar surface area (TPSA) is 74.8 Å². The van der Waals surface area contributed by atoms with Crippen LogP contribution in [0.5, 0.6) is 0 Å². The van der Waals surface area contributed by atoms with E-state index in [1.165, 1.54) is 4.31 Å². The van der Waals surface area contributed by atoms with Gasteiger partial charge in [-0.1, -0.05) is 31.2 Å². The smallest absolute Gasteiger partial charge is 0.249 e. The van der Waals surface area contributed by atoms with Crippen molar-refractivity contribution >= 4 is 21.6 Å². The maximum Gasteiger partial charge on any atom is 0.249 e. The largest absolute Gasteiger partial charge is 0.367 e. The van der Waals surface area contributed by atoms with Crippen LogP contribution in [0.2, 0.25) is 0 Å². The lowest BCUT2D eigenvalue weighted by Gasteiger charge is -2.33. The summed E-state index contributed by atoms with van der Waals surface area (Å²) < 4.78 is 28.4. The van der Waals surface area contributed by atoms with Crippen LogP contribution in [0.15, 0.2) is 34.9 Å². The Morgan fingerprint density at radius 1 is 0.926 bits per heavy atom. The highest BCUT2D eigenvalue weighted by Gasteiger charge is 2.44. The quantitative estimate of drug-likeness (QED) is 0.795. The molecule has 1 aromatic carbocycles. The summed E-state index contributed by atoms with van der Waals surface area (Å²) in [7, 11) is -4.03. The van der Waals surface area contributed by atoms with E-state index < -0.39 is 15.8 Å². The summed E-state index contributed by atoms with van der Waals surface area (Å²) in [6, 6.07) is 6.53. The van der Waals surface area contributed by atoms with Gasteiger partial charge in [0.25, 0.3) is 0 Å². The zero-order valence-corrected chi connectivity index (χ0v) is 16.3. The van der Waals surface area contributed by atoms with E-state index in [2.05, 4.69) is 0 Å². The number of allylic oxidation sites excluding steroid dienone is 2. The summed E-state index contributed by atoms with van der Waals surface area (Å²) in [6.07, 6.45) is 3.52. The molecule has 1 aliphatic carbocycles. The first-order chi connectivity index (χ1) is 12.9. The van der Waals surface area contributed by atoms with Crippen LogP contribution in [0, 0.1) is 5.92 Å². The van der Waals surface area contributed by atoms with Gasteiger partial charge in [0.2, 0.25) is 21.6 Å². The van der Waals surface area contributed by atoms with Gasteiger partial charge in [-0.05, 0) is 31.6 Å². The van der Waals surface area contributed by atoms with Crippen molar-refractivity contribution in [2.45, 2.75) is 32.6 Å². The fourth-order valence-electron chi connectivity index (χ4n) is 4.30. The Hall–Kier alpha value is -1.99.